The van der Waals surface area contributed by atoms with E-state index in [0.717, 1.165) is 0 Å². The Kier molecular flexibility index (Phi) is 9.28. The van der Waals surface area contributed by atoms with Crippen molar-refractivity contribution in [2.24, 2.45) is 0 Å². The van der Waals surface area contributed by atoms with Gasteiger partial charge in [0.1, 0.15) is 12.4 Å². The molecule has 0 N–H and O–H groups in total. The fourth-order valence-electron chi connectivity index (χ4n) is 4.23. The monoisotopic (exact) mass is 561 g/mol. The average molecular weight is 562 g/mol. The van der Waals surface area contributed by atoms with Gasteiger partial charge in [0, 0.05) is 7.11 Å². The third-order valence-electron chi connectivity index (χ3n) is 6.06. The second kappa shape index (κ2) is 13.2. The fourth-order valence-corrected chi connectivity index (χ4v) is 4.23. The van der Waals surface area contributed by atoms with E-state index in [1.807, 2.05) is 12.1 Å². The molecule has 0 saturated heterocycles. The molecule has 0 amide bonds. The fraction of sp³-hybridized carbons (Fsp3) is 0.207. The third kappa shape index (κ3) is 6.68. The van der Waals surface area contributed by atoms with Crippen LogP contribution in [0.25, 0.3) is 0 Å². The quantitative estimate of drug-likeness (QED) is 0.101. The van der Waals surface area contributed by atoms with Crippen molar-refractivity contribution in [2.75, 3.05) is 21.3 Å². The van der Waals surface area contributed by atoms with Crippen LogP contribution < -0.4 is 18.9 Å². The largest absolute Gasteiger partial charge is 0.481 e. The van der Waals surface area contributed by atoms with E-state index in [1.54, 1.807) is 60.7 Å². The Balaban J connectivity index is 1.84. The summed E-state index contributed by atoms with van der Waals surface area (Å²) in [6, 6.07) is 25.4. The molecule has 1 atom stereocenters. The summed E-state index contributed by atoms with van der Waals surface area (Å²) in [7, 11) is 4.28. The van der Waals surface area contributed by atoms with E-state index < -0.39 is 22.8 Å². The van der Waals surface area contributed by atoms with Crippen LogP contribution in [0.3, 0.4) is 0 Å². The van der Waals surface area contributed by atoms with Crippen LogP contribution in [0, 0.1) is 10.1 Å². The maximum Gasteiger partial charge on any atom is 0.356 e. The first kappa shape index (κ1) is 28.8. The van der Waals surface area contributed by atoms with Gasteiger partial charge in [-0.15, -0.1) is 10.1 Å². The van der Waals surface area contributed by atoms with Crippen LogP contribution in [0.15, 0.2) is 91.0 Å². The topological polar surface area (TPSA) is 141 Å². The van der Waals surface area contributed by atoms with E-state index in [4.69, 9.17) is 23.7 Å². The lowest BCUT2D eigenvalue weighted by Gasteiger charge is -2.38. The minimum Gasteiger partial charge on any atom is -0.481 e. The minimum absolute atomic E-state index is 0.100. The molecule has 0 bridgehead atoms. The Bertz CT molecular complexity index is 1410. The number of ether oxygens (including phenoxy) is 5. The van der Waals surface area contributed by atoms with Crippen LogP contribution >= 0.6 is 0 Å². The van der Waals surface area contributed by atoms with Gasteiger partial charge in [-0.25, -0.2) is 4.79 Å². The van der Waals surface area contributed by atoms with Crippen molar-refractivity contribution in [3.05, 3.63) is 118 Å². The molecule has 212 valence electrons. The molecule has 41 heavy (non-hydrogen) atoms. The smallest absolute Gasteiger partial charge is 0.356 e. The molecule has 0 aliphatic heterocycles. The normalized spacial score (nSPS) is 11.7. The summed E-state index contributed by atoms with van der Waals surface area (Å²) < 4.78 is 28.7. The highest BCUT2D eigenvalue weighted by atomic mass is 16.9. The van der Waals surface area contributed by atoms with Gasteiger partial charge >= 0.3 is 12.0 Å². The Morgan fingerprint density at radius 2 is 1.44 bits per heavy atom. The van der Waals surface area contributed by atoms with Crippen molar-refractivity contribution in [2.45, 2.75) is 18.3 Å². The van der Waals surface area contributed by atoms with Crippen LogP contribution in [0.1, 0.15) is 16.7 Å². The molecule has 1 heterocycles. The van der Waals surface area contributed by atoms with Gasteiger partial charge in [0.25, 0.3) is 5.09 Å². The Labute approximate surface area is 235 Å². The van der Waals surface area contributed by atoms with Crippen molar-refractivity contribution in [1.82, 2.24) is 9.97 Å². The first-order chi connectivity index (χ1) is 19.9. The summed E-state index contributed by atoms with van der Waals surface area (Å²) in [6.45, 7) is -0.328. The lowest BCUT2D eigenvalue weighted by Crippen LogP contribution is -2.52. The van der Waals surface area contributed by atoms with Crippen molar-refractivity contribution in [1.29, 1.82) is 0 Å². The van der Waals surface area contributed by atoms with Gasteiger partial charge < -0.3 is 28.5 Å². The zero-order chi connectivity index (χ0) is 29.2. The summed E-state index contributed by atoms with van der Waals surface area (Å²) in [5.41, 5.74) is 0.0257. The lowest BCUT2D eigenvalue weighted by atomic mass is 9.81. The van der Waals surface area contributed by atoms with E-state index in [0.29, 0.717) is 16.7 Å². The Hall–Kier alpha value is -5.23. The van der Waals surface area contributed by atoms with Gasteiger partial charge in [0.05, 0.1) is 20.3 Å². The molecule has 0 unspecified atom stereocenters. The number of hydrogen-bond donors (Lipinski definition) is 0. The molecule has 3 aromatic carbocycles. The predicted octanol–water partition coefficient (Wildman–Crippen LogP) is 4.15. The SMILES string of the molecule is COc1cc(OC)nc(O[C@H](C(=O)Oc2cccc(CO[N+](=O)[O-])c2)C(OC)(c2ccccc2)c2ccccc2)n1. The zero-order valence-corrected chi connectivity index (χ0v) is 22.5. The number of methoxy groups -OCH3 is 3. The van der Waals surface area contributed by atoms with E-state index >= 15 is 0 Å². The molecule has 0 fully saturated rings. The number of aromatic nitrogens is 2. The van der Waals surface area contributed by atoms with Gasteiger partial charge in [-0.2, -0.15) is 9.97 Å². The zero-order valence-electron chi connectivity index (χ0n) is 22.5. The van der Waals surface area contributed by atoms with Gasteiger partial charge in [-0.05, 0) is 28.8 Å². The summed E-state index contributed by atoms with van der Waals surface area (Å²) in [5.74, 6) is -0.486. The number of nitrogens with zero attached hydrogens (tertiary/aromatic N) is 3. The van der Waals surface area contributed by atoms with Crippen LogP contribution in [0.4, 0.5) is 0 Å². The van der Waals surface area contributed by atoms with E-state index in [2.05, 4.69) is 14.8 Å². The van der Waals surface area contributed by atoms with E-state index in [1.165, 1.54) is 39.5 Å². The first-order valence-electron chi connectivity index (χ1n) is 12.3. The number of esters is 1. The van der Waals surface area contributed by atoms with Crippen molar-refractivity contribution in [3.8, 4) is 23.5 Å². The minimum atomic E-state index is -1.55. The number of carbonyl (C=O) groups is 1. The molecule has 12 nitrogen and oxygen atoms in total. The molecule has 4 rings (SSSR count). The predicted molar refractivity (Wildman–Crippen MR) is 144 cm³/mol. The summed E-state index contributed by atoms with van der Waals surface area (Å²) in [6.07, 6.45) is -1.52. The van der Waals surface area contributed by atoms with Crippen LogP contribution in [-0.2, 0) is 26.6 Å². The highest BCUT2D eigenvalue weighted by molar-refractivity contribution is 5.80. The molecule has 0 saturated carbocycles. The molecular formula is C29H27N3O9. The van der Waals surface area contributed by atoms with Gasteiger partial charge in [-0.3, -0.25) is 0 Å². The molecule has 0 radical (unpaired) electrons. The summed E-state index contributed by atoms with van der Waals surface area (Å²) in [5, 5.41) is 9.74. The van der Waals surface area contributed by atoms with E-state index in [-0.39, 0.29) is 30.1 Å². The van der Waals surface area contributed by atoms with Crippen LogP contribution in [0.5, 0.6) is 23.5 Å². The van der Waals surface area contributed by atoms with Crippen LogP contribution in [0.2, 0.25) is 0 Å². The highest BCUT2D eigenvalue weighted by Crippen LogP contribution is 2.39. The van der Waals surface area contributed by atoms with Gasteiger partial charge in [-0.1, -0.05) is 72.8 Å². The Morgan fingerprint density at radius 1 is 0.854 bits per heavy atom. The second-order valence-corrected chi connectivity index (χ2v) is 8.47. The van der Waals surface area contributed by atoms with E-state index in [9.17, 15) is 14.9 Å². The molecule has 0 spiro atoms. The number of benzene rings is 3. The van der Waals surface area contributed by atoms with Crippen molar-refractivity contribution < 1.29 is 38.4 Å². The third-order valence-corrected chi connectivity index (χ3v) is 6.06. The summed E-state index contributed by atoms with van der Waals surface area (Å²) in [4.78, 5) is 37.6. The van der Waals surface area contributed by atoms with Crippen molar-refractivity contribution >= 4 is 5.97 Å². The van der Waals surface area contributed by atoms with Gasteiger partial charge in [0.15, 0.2) is 5.60 Å². The van der Waals surface area contributed by atoms with Gasteiger partial charge in [0.2, 0.25) is 17.9 Å². The first-order valence-corrected chi connectivity index (χ1v) is 12.3. The number of rotatable bonds is 13. The maximum absolute atomic E-state index is 14.1. The molecule has 0 aliphatic rings. The highest BCUT2D eigenvalue weighted by Gasteiger charge is 2.50. The molecule has 0 aliphatic carbocycles. The maximum atomic E-state index is 14.1. The average Bonchev–Trinajstić information content (AvgIpc) is 3.01. The van der Waals surface area contributed by atoms with Crippen LogP contribution in [-0.4, -0.2) is 48.5 Å². The standard InChI is InChI=1S/C29H27N3O9/c1-36-24-18-25(37-2)31-28(30-24)41-26(27(33)40-23-16-10-11-20(17-23)19-39-32(34)35)29(38-3,21-12-6-4-7-13-21)22-14-8-5-9-15-22/h4-18,26H,19H2,1-3H3/t26-/m1/s1. The number of carbonyl (C=O) groups excluding carboxylic acids is 1. The second-order valence-electron chi connectivity index (χ2n) is 8.47. The number of hydrogen-bond acceptors (Lipinski definition) is 11. The lowest BCUT2D eigenvalue weighted by molar-refractivity contribution is -0.763. The molecule has 12 heteroatoms. The van der Waals surface area contributed by atoms with Crippen molar-refractivity contribution in [3.63, 3.8) is 0 Å². The molecule has 1 aromatic heterocycles. The summed E-state index contributed by atoms with van der Waals surface area (Å²) >= 11 is 0. The molecule has 4 aromatic rings. The molecular weight excluding hydrogens is 534 g/mol. The Morgan fingerprint density at radius 3 is 1.95 bits per heavy atom.